The van der Waals surface area contributed by atoms with Crippen molar-refractivity contribution in [2.45, 2.75) is 65.0 Å². The van der Waals surface area contributed by atoms with Gasteiger partial charge in [0.1, 0.15) is 5.54 Å². The molecule has 0 unspecified atom stereocenters. The molecule has 1 N–H and O–H groups in total. The van der Waals surface area contributed by atoms with Gasteiger partial charge in [-0.3, -0.25) is 14.5 Å². The Labute approximate surface area is 166 Å². The average molecular weight is 389 g/mol. The first-order valence-electron chi connectivity index (χ1n) is 10.0. The van der Waals surface area contributed by atoms with Crippen LogP contribution in [0.1, 0.15) is 67.3 Å². The van der Waals surface area contributed by atoms with Gasteiger partial charge in [-0.1, -0.05) is 6.92 Å². The third-order valence-electron chi connectivity index (χ3n) is 6.31. The molecule has 7 nitrogen and oxygen atoms in total. The number of aryl methyl sites for hydroxylation is 1. The van der Waals surface area contributed by atoms with E-state index in [0.29, 0.717) is 30.9 Å². The van der Waals surface area contributed by atoms with Crippen LogP contribution < -0.4 is 5.32 Å². The first-order valence-corrected chi connectivity index (χ1v) is 10.0. The average Bonchev–Trinajstić information content (AvgIpc) is 3.06. The van der Waals surface area contributed by atoms with Crippen LogP contribution in [0.2, 0.25) is 0 Å². The molecule has 2 fully saturated rings. The highest BCUT2D eigenvalue weighted by Crippen LogP contribution is 2.36. The molecule has 1 saturated carbocycles. The first-order chi connectivity index (χ1) is 13.2. The van der Waals surface area contributed by atoms with Crippen molar-refractivity contribution in [1.29, 1.82) is 0 Å². The van der Waals surface area contributed by atoms with Crippen molar-refractivity contribution in [1.82, 2.24) is 14.8 Å². The number of hydrogen-bond acceptors (Lipinski definition) is 4. The first kappa shape index (κ1) is 20.6. The van der Waals surface area contributed by atoms with Crippen molar-refractivity contribution in [3.05, 3.63) is 23.0 Å². The standard InChI is InChI=1S/C21H31N3O4/c1-13-6-8-21(9-7-13)19(26)23(20(27)22-21)11-18(25)17-10-14(2)24(16(17)4)15(3)12-28-5/h10,13,15H,6-9,11-12H2,1-5H3,(H,22,27)/t13?,15-,21?/m0/s1. The maximum Gasteiger partial charge on any atom is 0.325 e. The van der Waals surface area contributed by atoms with Crippen molar-refractivity contribution >= 4 is 17.7 Å². The van der Waals surface area contributed by atoms with Gasteiger partial charge in [0.25, 0.3) is 5.91 Å². The SMILES string of the molecule is COC[C@H](C)n1c(C)cc(C(=O)CN2C(=O)NC3(CCC(C)CC3)C2=O)c1C. The Hall–Kier alpha value is -2.15. The van der Waals surface area contributed by atoms with Crippen LogP contribution in [-0.4, -0.2) is 53.0 Å². The molecule has 0 radical (unpaired) electrons. The molecule has 3 amide bonds. The van der Waals surface area contributed by atoms with E-state index in [0.717, 1.165) is 29.1 Å². The molecule has 2 aliphatic rings. The van der Waals surface area contributed by atoms with Crippen LogP contribution in [0.15, 0.2) is 6.07 Å². The van der Waals surface area contributed by atoms with E-state index >= 15 is 0 Å². The second-order valence-electron chi connectivity index (χ2n) is 8.47. The fourth-order valence-electron chi connectivity index (χ4n) is 4.70. The summed E-state index contributed by atoms with van der Waals surface area (Å²) in [5.74, 6) is 0.0958. The zero-order valence-corrected chi connectivity index (χ0v) is 17.5. The van der Waals surface area contributed by atoms with Gasteiger partial charge in [0.05, 0.1) is 19.2 Å². The van der Waals surface area contributed by atoms with Gasteiger partial charge in [-0.05, 0) is 58.4 Å². The van der Waals surface area contributed by atoms with E-state index in [1.807, 2.05) is 26.8 Å². The van der Waals surface area contributed by atoms with Gasteiger partial charge in [0, 0.05) is 24.1 Å². The number of ether oxygens (including phenoxy) is 1. The van der Waals surface area contributed by atoms with Crippen molar-refractivity contribution in [2.24, 2.45) is 5.92 Å². The summed E-state index contributed by atoms with van der Waals surface area (Å²) >= 11 is 0. The third kappa shape index (κ3) is 3.48. The number of nitrogens with zero attached hydrogens (tertiary/aromatic N) is 2. The summed E-state index contributed by atoms with van der Waals surface area (Å²) < 4.78 is 7.30. The topological polar surface area (TPSA) is 80.6 Å². The van der Waals surface area contributed by atoms with Gasteiger partial charge in [0.15, 0.2) is 5.78 Å². The van der Waals surface area contributed by atoms with Crippen LogP contribution >= 0.6 is 0 Å². The van der Waals surface area contributed by atoms with E-state index in [1.54, 1.807) is 7.11 Å². The fourth-order valence-corrected chi connectivity index (χ4v) is 4.70. The Morgan fingerprint density at radius 3 is 2.57 bits per heavy atom. The van der Waals surface area contributed by atoms with Gasteiger partial charge >= 0.3 is 6.03 Å². The summed E-state index contributed by atoms with van der Waals surface area (Å²) in [6.45, 7) is 8.35. The zero-order chi connectivity index (χ0) is 20.6. The lowest BCUT2D eigenvalue weighted by molar-refractivity contribution is -0.132. The van der Waals surface area contributed by atoms with Gasteiger partial charge in [-0.25, -0.2) is 4.79 Å². The highest BCUT2D eigenvalue weighted by Gasteiger charge is 2.52. The van der Waals surface area contributed by atoms with Crippen molar-refractivity contribution in [3.8, 4) is 0 Å². The molecule has 1 aliphatic heterocycles. The number of carbonyl (C=O) groups excluding carboxylic acids is 3. The lowest BCUT2D eigenvalue weighted by atomic mass is 9.77. The highest BCUT2D eigenvalue weighted by molar-refractivity contribution is 6.11. The maximum absolute atomic E-state index is 13.0. The van der Waals surface area contributed by atoms with Gasteiger partial charge in [-0.15, -0.1) is 0 Å². The van der Waals surface area contributed by atoms with E-state index in [2.05, 4.69) is 16.8 Å². The number of hydrogen-bond donors (Lipinski definition) is 1. The predicted molar refractivity (Wildman–Crippen MR) is 105 cm³/mol. The van der Waals surface area contributed by atoms with Gasteiger partial charge < -0.3 is 14.6 Å². The van der Waals surface area contributed by atoms with E-state index in [-0.39, 0.29) is 24.3 Å². The van der Waals surface area contributed by atoms with Crippen LogP contribution in [-0.2, 0) is 9.53 Å². The quantitative estimate of drug-likeness (QED) is 0.599. The molecule has 1 aromatic heterocycles. The van der Waals surface area contributed by atoms with Crippen LogP contribution in [0.4, 0.5) is 4.79 Å². The van der Waals surface area contributed by atoms with Crippen LogP contribution in [0.3, 0.4) is 0 Å². The Kier molecular flexibility index (Phi) is 5.66. The van der Waals surface area contributed by atoms with E-state index in [9.17, 15) is 14.4 Å². The summed E-state index contributed by atoms with van der Waals surface area (Å²) in [7, 11) is 1.65. The number of methoxy groups -OCH3 is 1. The number of Topliss-reactive ketones (excluding diaryl/α,β-unsaturated/α-hetero) is 1. The Morgan fingerprint density at radius 1 is 1.32 bits per heavy atom. The minimum atomic E-state index is -0.812. The summed E-state index contributed by atoms with van der Waals surface area (Å²) in [5.41, 5.74) is 1.54. The monoisotopic (exact) mass is 389 g/mol. The Morgan fingerprint density at radius 2 is 1.96 bits per heavy atom. The molecular formula is C21H31N3O4. The van der Waals surface area contributed by atoms with Crippen LogP contribution in [0.5, 0.6) is 0 Å². The largest absolute Gasteiger partial charge is 0.383 e. The summed E-state index contributed by atoms with van der Waals surface area (Å²) in [6.07, 6.45) is 3.11. The van der Waals surface area contributed by atoms with Crippen LogP contribution in [0.25, 0.3) is 0 Å². The predicted octanol–water partition coefficient (Wildman–Crippen LogP) is 3.00. The molecule has 0 aromatic carbocycles. The lowest BCUT2D eigenvalue weighted by Crippen LogP contribution is -2.49. The third-order valence-corrected chi connectivity index (χ3v) is 6.31. The molecule has 28 heavy (non-hydrogen) atoms. The number of imide groups is 1. The molecule has 0 bridgehead atoms. The number of nitrogens with one attached hydrogen (secondary N) is 1. The number of urea groups is 1. The molecule has 3 rings (SSSR count). The second-order valence-corrected chi connectivity index (χ2v) is 8.47. The molecule has 7 heteroatoms. The lowest BCUT2D eigenvalue weighted by Gasteiger charge is -2.33. The minimum Gasteiger partial charge on any atom is -0.383 e. The van der Waals surface area contributed by atoms with E-state index in [1.165, 1.54) is 0 Å². The summed E-state index contributed by atoms with van der Waals surface area (Å²) in [6, 6.07) is 1.48. The number of aromatic nitrogens is 1. The Bertz CT molecular complexity index is 790. The zero-order valence-electron chi connectivity index (χ0n) is 17.5. The molecule has 154 valence electrons. The van der Waals surface area contributed by atoms with Gasteiger partial charge in [0.2, 0.25) is 0 Å². The van der Waals surface area contributed by atoms with E-state index < -0.39 is 11.6 Å². The molecule has 1 spiro atoms. The van der Waals surface area contributed by atoms with Crippen molar-refractivity contribution in [3.63, 3.8) is 0 Å². The van der Waals surface area contributed by atoms with Crippen molar-refractivity contribution in [2.75, 3.05) is 20.3 Å². The van der Waals surface area contributed by atoms with Crippen LogP contribution in [0, 0.1) is 19.8 Å². The maximum atomic E-state index is 13.0. The Balaban J connectivity index is 1.77. The molecule has 1 saturated heterocycles. The molecule has 1 aliphatic carbocycles. The summed E-state index contributed by atoms with van der Waals surface area (Å²) in [5, 5.41) is 2.88. The number of ketones is 1. The molecule has 1 atom stereocenters. The molecular weight excluding hydrogens is 358 g/mol. The number of amides is 3. The fraction of sp³-hybridized carbons (Fsp3) is 0.667. The highest BCUT2D eigenvalue weighted by atomic mass is 16.5. The minimum absolute atomic E-state index is 0.0933. The van der Waals surface area contributed by atoms with Crippen molar-refractivity contribution < 1.29 is 19.1 Å². The number of carbonyl (C=O) groups is 3. The second kappa shape index (κ2) is 7.70. The van der Waals surface area contributed by atoms with E-state index in [4.69, 9.17) is 4.74 Å². The number of rotatable bonds is 6. The molecule has 1 aromatic rings. The molecule has 2 heterocycles. The summed E-state index contributed by atoms with van der Waals surface area (Å²) in [4.78, 5) is 39.5. The smallest absolute Gasteiger partial charge is 0.325 e. The van der Waals surface area contributed by atoms with Gasteiger partial charge in [-0.2, -0.15) is 0 Å². The normalized spacial score (nSPS) is 26.0.